The molecule has 1 saturated carbocycles. The van der Waals surface area contributed by atoms with Crippen LogP contribution in [0.2, 0.25) is 0 Å². The van der Waals surface area contributed by atoms with E-state index in [4.69, 9.17) is 0 Å². The number of hydrogen-bond donors (Lipinski definition) is 2. The molecular weight excluding hydrogens is 240 g/mol. The monoisotopic (exact) mass is 262 g/mol. The lowest BCUT2D eigenvalue weighted by atomic mass is 9.91. The first-order chi connectivity index (χ1) is 9.17. The molecule has 1 aliphatic carbocycles. The number of anilines is 1. The van der Waals surface area contributed by atoms with E-state index in [9.17, 15) is 4.79 Å². The van der Waals surface area contributed by atoms with Gasteiger partial charge in [0.05, 0.1) is 0 Å². The first-order valence-corrected chi connectivity index (χ1v) is 7.02. The van der Waals surface area contributed by atoms with Gasteiger partial charge in [-0.2, -0.15) is 0 Å². The molecule has 2 N–H and O–H groups in total. The molecule has 1 aromatic rings. The molecule has 1 heterocycles. The van der Waals surface area contributed by atoms with Gasteiger partial charge >= 0.3 is 0 Å². The minimum atomic E-state index is 0.0693. The third-order valence-corrected chi connectivity index (χ3v) is 3.57. The van der Waals surface area contributed by atoms with Crippen LogP contribution in [0.15, 0.2) is 12.4 Å². The Hall–Kier alpha value is -1.65. The maximum Gasteiger partial charge on any atom is 0.217 e. The number of amides is 1. The lowest BCUT2D eigenvalue weighted by Gasteiger charge is -2.29. The highest BCUT2D eigenvalue weighted by molar-refractivity contribution is 5.73. The fraction of sp³-hybridized carbons (Fsp3) is 0.643. The second kappa shape index (κ2) is 6.50. The molecule has 19 heavy (non-hydrogen) atoms. The topological polar surface area (TPSA) is 66.9 Å². The van der Waals surface area contributed by atoms with Crippen LogP contribution in [0.4, 0.5) is 5.82 Å². The number of nitrogens with one attached hydrogen (secondary N) is 2. The zero-order valence-electron chi connectivity index (χ0n) is 11.6. The van der Waals surface area contributed by atoms with Crippen molar-refractivity contribution in [3.63, 3.8) is 0 Å². The number of hydrogen-bond acceptors (Lipinski definition) is 4. The largest absolute Gasteiger partial charge is 0.367 e. The Labute approximate surface area is 114 Å². The Morgan fingerprint density at radius 3 is 2.58 bits per heavy atom. The van der Waals surface area contributed by atoms with Gasteiger partial charge in [0.15, 0.2) is 0 Å². The Morgan fingerprint density at radius 1 is 1.26 bits per heavy atom. The van der Waals surface area contributed by atoms with Crippen LogP contribution in [0, 0.1) is 0 Å². The first-order valence-electron chi connectivity index (χ1n) is 7.02. The standard InChI is InChI=1S/C14H22N4O/c1-3-11-8-14(16-9-15-11)18-13-6-4-12(5-7-13)17-10(2)19/h8-9,12-13H,3-7H2,1-2H3,(H,17,19)(H,15,16,18)/t12-,13+. The van der Waals surface area contributed by atoms with Crippen molar-refractivity contribution in [3.8, 4) is 0 Å². The van der Waals surface area contributed by atoms with Gasteiger partial charge in [-0.3, -0.25) is 4.79 Å². The molecule has 1 aliphatic rings. The van der Waals surface area contributed by atoms with Crippen molar-refractivity contribution in [2.75, 3.05) is 5.32 Å². The summed E-state index contributed by atoms with van der Waals surface area (Å²) in [4.78, 5) is 19.5. The van der Waals surface area contributed by atoms with Gasteiger partial charge in [0, 0.05) is 30.8 Å². The van der Waals surface area contributed by atoms with Gasteiger partial charge in [-0.1, -0.05) is 6.92 Å². The second-order valence-electron chi connectivity index (χ2n) is 5.14. The number of aromatic nitrogens is 2. The molecule has 1 amide bonds. The molecule has 0 atom stereocenters. The summed E-state index contributed by atoms with van der Waals surface area (Å²) in [5.41, 5.74) is 1.06. The van der Waals surface area contributed by atoms with E-state index >= 15 is 0 Å². The highest BCUT2D eigenvalue weighted by Gasteiger charge is 2.21. The van der Waals surface area contributed by atoms with E-state index in [0.29, 0.717) is 12.1 Å². The maximum atomic E-state index is 11.0. The SMILES string of the molecule is CCc1cc(N[C@H]2CC[C@@H](NC(C)=O)CC2)ncn1. The van der Waals surface area contributed by atoms with E-state index in [1.54, 1.807) is 13.3 Å². The summed E-state index contributed by atoms with van der Waals surface area (Å²) in [5, 5.41) is 6.46. The maximum absolute atomic E-state index is 11.0. The summed E-state index contributed by atoms with van der Waals surface area (Å²) >= 11 is 0. The summed E-state index contributed by atoms with van der Waals surface area (Å²) < 4.78 is 0. The van der Waals surface area contributed by atoms with Crippen molar-refractivity contribution in [2.45, 2.75) is 58.0 Å². The number of carbonyl (C=O) groups excluding carboxylic acids is 1. The molecule has 0 spiro atoms. The molecule has 0 aromatic carbocycles. The van der Waals surface area contributed by atoms with Gasteiger partial charge in [-0.25, -0.2) is 9.97 Å². The second-order valence-corrected chi connectivity index (χ2v) is 5.14. The lowest BCUT2D eigenvalue weighted by molar-refractivity contribution is -0.119. The molecule has 104 valence electrons. The first kappa shape index (κ1) is 13.8. The van der Waals surface area contributed by atoms with Crippen LogP contribution in [-0.4, -0.2) is 28.0 Å². The molecule has 0 radical (unpaired) electrons. The summed E-state index contributed by atoms with van der Waals surface area (Å²) in [6.07, 6.45) is 6.73. The smallest absolute Gasteiger partial charge is 0.217 e. The average Bonchev–Trinajstić information content (AvgIpc) is 2.41. The molecule has 0 aliphatic heterocycles. The van der Waals surface area contributed by atoms with Crippen LogP contribution in [0.25, 0.3) is 0 Å². The Balaban J connectivity index is 1.83. The molecule has 5 nitrogen and oxygen atoms in total. The molecule has 0 saturated heterocycles. The van der Waals surface area contributed by atoms with Crippen molar-refractivity contribution >= 4 is 11.7 Å². The predicted octanol–water partition coefficient (Wildman–Crippen LogP) is 1.90. The third-order valence-electron chi connectivity index (χ3n) is 3.57. The van der Waals surface area contributed by atoms with Gasteiger partial charge < -0.3 is 10.6 Å². The summed E-state index contributed by atoms with van der Waals surface area (Å²) in [6.45, 7) is 3.67. The highest BCUT2D eigenvalue weighted by Crippen LogP contribution is 2.21. The molecule has 5 heteroatoms. The minimum absolute atomic E-state index is 0.0693. The quantitative estimate of drug-likeness (QED) is 0.869. The van der Waals surface area contributed by atoms with Crippen LogP contribution in [0.5, 0.6) is 0 Å². The lowest BCUT2D eigenvalue weighted by Crippen LogP contribution is -2.39. The fourth-order valence-corrected chi connectivity index (χ4v) is 2.55. The van der Waals surface area contributed by atoms with Crippen LogP contribution >= 0.6 is 0 Å². The molecule has 1 fully saturated rings. The average molecular weight is 262 g/mol. The number of aryl methyl sites for hydroxylation is 1. The van der Waals surface area contributed by atoms with E-state index < -0.39 is 0 Å². The zero-order valence-corrected chi connectivity index (χ0v) is 11.6. The predicted molar refractivity (Wildman–Crippen MR) is 74.9 cm³/mol. The van der Waals surface area contributed by atoms with Gasteiger partial charge in [-0.15, -0.1) is 0 Å². The third kappa shape index (κ3) is 4.19. The van der Waals surface area contributed by atoms with Gasteiger partial charge in [0.2, 0.25) is 5.91 Å². The molecule has 2 rings (SSSR count). The van der Waals surface area contributed by atoms with Crippen molar-refractivity contribution in [3.05, 3.63) is 18.1 Å². The summed E-state index contributed by atoms with van der Waals surface area (Å²) in [6, 6.07) is 2.80. The zero-order chi connectivity index (χ0) is 13.7. The molecule has 1 aromatic heterocycles. The fourth-order valence-electron chi connectivity index (χ4n) is 2.55. The van der Waals surface area contributed by atoms with Crippen LogP contribution in [0.3, 0.4) is 0 Å². The van der Waals surface area contributed by atoms with Gasteiger partial charge in [0.1, 0.15) is 12.1 Å². The van der Waals surface area contributed by atoms with Gasteiger partial charge in [0.25, 0.3) is 0 Å². The van der Waals surface area contributed by atoms with E-state index in [0.717, 1.165) is 43.6 Å². The van der Waals surface area contributed by atoms with E-state index in [1.165, 1.54) is 0 Å². The number of nitrogens with zero attached hydrogens (tertiary/aromatic N) is 2. The van der Waals surface area contributed by atoms with Crippen molar-refractivity contribution < 1.29 is 4.79 Å². The van der Waals surface area contributed by atoms with E-state index in [2.05, 4.69) is 27.5 Å². The molecular formula is C14H22N4O. The Kier molecular flexibility index (Phi) is 4.71. The van der Waals surface area contributed by atoms with E-state index in [1.807, 2.05) is 6.07 Å². The van der Waals surface area contributed by atoms with Crippen molar-refractivity contribution in [1.82, 2.24) is 15.3 Å². The molecule has 0 unspecified atom stereocenters. The van der Waals surface area contributed by atoms with Gasteiger partial charge in [-0.05, 0) is 32.1 Å². The van der Waals surface area contributed by atoms with Crippen molar-refractivity contribution in [1.29, 1.82) is 0 Å². The highest BCUT2D eigenvalue weighted by atomic mass is 16.1. The Morgan fingerprint density at radius 2 is 1.95 bits per heavy atom. The van der Waals surface area contributed by atoms with Crippen LogP contribution in [0.1, 0.15) is 45.2 Å². The number of rotatable bonds is 4. The molecule has 0 bridgehead atoms. The van der Waals surface area contributed by atoms with Crippen LogP contribution in [-0.2, 0) is 11.2 Å². The minimum Gasteiger partial charge on any atom is -0.367 e. The summed E-state index contributed by atoms with van der Waals surface area (Å²) in [5.74, 6) is 0.981. The van der Waals surface area contributed by atoms with E-state index in [-0.39, 0.29) is 5.91 Å². The Bertz CT molecular complexity index is 427. The van der Waals surface area contributed by atoms with Crippen LogP contribution < -0.4 is 10.6 Å². The van der Waals surface area contributed by atoms with Crippen molar-refractivity contribution in [2.24, 2.45) is 0 Å². The summed E-state index contributed by atoms with van der Waals surface area (Å²) in [7, 11) is 0. The number of carbonyl (C=O) groups is 1. The normalized spacial score (nSPS) is 22.8.